The van der Waals surface area contributed by atoms with E-state index in [9.17, 15) is 9.90 Å². The maximum absolute atomic E-state index is 11.4. The van der Waals surface area contributed by atoms with Crippen LogP contribution in [0.25, 0.3) is 0 Å². The number of aliphatic hydroxyl groups excluding tert-OH is 1. The zero-order valence-electron chi connectivity index (χ0n) is 15.2. The fourth-order valence-corrected chi connectivity index (χ4v) is 3.25. The van der Waals surface area contributed by atoms with E-state index in [1.54, 1.807) is 4.90 Å². The van der Waals surface area contributed by atoms with Crippen LogP contribution in [0, 0.1) is 0 Å². The maximum Gasteiger partial charge on any atom is 0.317 e. The first kappa shape index (κ1) is 20.3. The van der Waals surface area contributed by atoms with Gasteiger partial charge in [-0.05, 0) is 6.42 Å². The lowest BCUT2D eigenvalue weighted by Gasteiger charge is -2.18. The Morgan fingerprint density at radius 1 is 0.957 bits per heavy atom. The van der Waals surface area contributed by atoms with E-state index in [2.05, 4.69) is 12.2 Å². The molecule has 0 spiro atoms. The van der Waals surface area contributed by atoms with Gasteiger partial charge in [0.2, 0.25) is 0 Å². The van der Waals surface area contributed by atoms with Gasteiger partial charge in [0.05, 0.1) is 6.10 Å². The number of hydrogen-bond acceptors (Lipinski definition) is 2. The summed E-state index contributed by atoms with van der Waals surface area (Å²) in [4.78, 5) is 13.1. The predicted octanol–water partition coefficient (Wildman–Crippen LogP) is 4.46. The van der Waals surface area contributed by atoms with Crippen molar-refractivity contribution in [1.82, 2.24) is 10.2 Å². The number of nitrogens with one attached hydrogen (secondary N) is 1. The lowest BCUT2D eigenvalue weighted by atomic mass is 10.0. The molecule has 4 heteroatoms. The van der Waals surface area contributed by atoms with Gasteiger partial charge in [-0.15, -0.1) is 0 Å². The third-order valence-corrected chi connectivity index (χ3v) is 4.77. The molecule has 2 amide bonds. The summed E-state index contributed by atoms with van der Waals surface area (Å²) in [6.45, 7) is 4.20. The summed E-state index contributed by atoms with van der Waals surface area (Å²) in [6.07, 6.45) is 16.5. The molecule has 0 aliphatic carbocycles. The van der Waals surface area contributed by atoms with Gasteiger partial charge in [0.1, 0.15) is 0 Å². The first-order chi connectivity index (χ1) is 11.2. The molecule has 0 saturated carbocycles. The van der Waals surface area contributed by atoms with Gasteiger partial charge in [-0.25, -0.2) is 4.79 Å². The van der Waals surface area contributed by atoms with Crippen LogP contribution in [0.1, 0.15) is 90.4 Å². The van der Waals surface area contributed by atoms with E-state index in [0.717, 1.165) is 19.4 Å². The van der Waals surface area contributed by atoms with Gasteiger partial charge in [-0.2, -0.15) is 0 Å². The van der Waals surface area contributed by atoms with Crippen molar-refractivity contribution in [2.24, 2.45) is 0 Å². The monoisotopic (exact) mass is 326 g/mol. The van der Waals surface area contributed by atoms with Crippen molar-refractivity contribution in [2.75, 3.05) is 19.6 Å². The number of nitrogens with zero attached hydrogens (tertiary/aromatic N) is 1. The number of carbonyl (C=O) groups is 1. The van der Waals surface area contributed by atoms with E-state index in [1.807, 2.05) is 0 Å². The van der Waals surface area contributed by atoms with Crippen molar-refractivity contribution in [3.8, 4) is 0 Å². The van der Waals surface area contributed by atoms with Gasteiger partial charge < -0.3 is 15.3 Å². The van der Waals surface area contributed by atoms with Crippen LogP contribution in [0.4, 0.5) is 4.79 Å². The molecule has 0 bridgehead atoms. The number of carbonyl (C=O) groups excluding carboxylic acids is 1. The molecule has 1 aliphatic heterocycles. The largest absolute Gasteiger partial charge is 0.391 e. The Hall–Kier alpha value is -0.770. The average molecular weight is 327 g/mol. The van der Waals surface area contributed by atoms with Crippen LogP contribution in [0.3, 0.4) is 0 Å². The number of amides is 2. The van der Waals surface area contributed by atoms with Crippen LogP contribution >= 0.6 is 0 Å². The van der Waals surface area contributed by atoms with Gasteiger partial charge >= 0.3 is 6.03 Å². The van der Waals surface area contributed by atoms with Crippen LogP contribution in [-0.2, 0) is 0 Å². The third-order valence-electron chi connectivity index (χ3n) is 4.77. The quantitative estimate of drug-likeness (QED) is 0.436. The summed E-state index contributed by atoms with van der Waals surface area (Å²) in [5.74, 6) is 0. The molecule has 1 heterocycles. The Bertz CT molecular complexity index is 297. The fraction of sp³-hybridized carbons (Fsp3) is 0.947. The van der Waals surface area contributed by atoms with E-state index in [1.165, 1.54) is 70.6 Å². The highest BCUT2D eigenvalue weighted by Crippen LogP contribution is 2.13. The second kappa shape index (κ2) is 13.6. The number of unbranched alkanes of at least 4 members (excludes halogenated alkanes) is 11. The van der Waals surface area contributed by atoms with Crippen molar-refractivity contribution >= 4 is 6.03 Å². The molecule has 0 aromatic carbocycles. The van der Waals surface area contributed by atoms with Crippen molar-refractivity contribution < 1.29 is 9.90 Å². The molecule has 0 radical (unpaired) electrons. The molecular weight excluding hydrogens is 288 g/mol. The minimum atomic E-state index is -0.359. The molecule has 1 atom stereocenters. The number of urea groups is 1. The van der Waals surface area contributed by atoms with Crippen molar-refractivity contribution in [2.45, 2.75) is 96.5 Å². The Balaban J connectivity index is 1.79. The molecule has 1 unspecified atom stereocenters. The molecular formula is C19H38N2O2. The summed E-state index contributed by atoms with van der Waals surface area (Å²) in [6, 6.07) is -0.0289. The molecule has 136 valence electrons. The second-order valence-electron chi connectivity index (χ2n) is 7.01. The van der Waals surface area contributed by atoms with Crippen molar-refractivity contribution in [1.29, 1.82) is 0 Å². The highest BCUT2D eigenvalue weighted by molar-refractivity contribution is 5.76. The Morgan fingerprint density at radius 2 is 1.48 bits per heavy atom. The number of rotatable bonds is 15. The second-order valence-corrected chi connectivity index (χ2v) is 7.01. The van der Waals surface area contributed by atoms with Crippen LogP contribution < -0.4 is 5.32 Å². The first-order valence-corrected chi connectivity index (χ1v) is 9.95. The molecule has 2 N–H and O–H groups in total. The standard InChI is InChI=1S/C19H38N2O2/c1-2-3-4-5-6-7-8-9-10-11-12-13-14-18(22)17-21-16-15-20-19(21)23/h18,22H,2-17H2,1H3,(H,20,23). The van der Waals surface area contributed by atoms with Crippen LogP contribution in [0.2, 0.25) is 0 Å². The van der Waals surface area contributed by atoms with E-state index < -0.39 is 0 Å². The van der Waals surface area contributed by atoms with E-state index in [0.29, 0.717) is 13.1 Å². The molecule has 0 aromatic heterocycles. The minimum Gasteiger partial charge on any atom is -0.391 e. The predicted molar refractivity (Wildman–Crippen MR) is 96.7 cm³/mol. The number of hydrogen-bond donors (Lipinski definition) is 2. The van der Waals surface area contributed by atoms with E-state index in [-0.39, 0.29) is 12.1 Å². The first-order valence-electron chi connectivity index (χ1n) is 9.95. The van der Waals surface area contributed by atoms with Crippen molar-refractivity contribution in [3.05, 3.63) is 0 Å². The highest BCUT2D eigenvalue weighted by Gasteiger charge is 2.21. The van der Waals surface area contributed by atoms with Gasteiger partial charge in [-0.3, -0.25) is 0 Å². The molecule has 0 aromatic rings. The maximum atomic E-state index is 11.4. The highest BCUT2D eigenvalue weighted by atomic mass is 16.3. The molecule has 4 nitrogen and oxygen atoms in total. The van der Waals surface area contributed by atoms with Gasteiger partial charge in [0.25, 0.3) is 0 Å². The van der Waals surface area contributed by atoms with Gasteiger partial charge in [0, 0.05) is 19.6 Å². The SMILES string of the molecule is CCCCCCCCCCCCCCC(O)CN1CCNC1=O. The number of aliphatic hydroxyl groups is 1. The number of β-amino-alcohol motifs (C(OH)–C–C–N with tert-alkyl or cyclic N) is 1. The summed E-state index contributed by atoms with van der Waals surface area (Å²) < 4.78 is 0. The zero-order valence-corrected chi connectivity index (χ0v) is 15.2. The summed E-state index contributed by atoms with van der Waals surface area (Å²) in [7, 11) is 0. The lowest BCUT2D eigenvalue weighted by Crippen LogP contribution is -2.35. The molecule has 1 rings (SSSR count). The average Bonchev–Trinajstić information content (AvgIpc) is 2.93. The van der Waals surface area contributed by atoms with Gasteiger partial charge in [-0.1, -0.05) is 84.0 Å². The van der Waals surface area contributed by atoms with E-state index in [4.69, 9.17) is 0 Å². The Kier molecular flexibility index (Phi) is 12.0. The lowest BCUT2D eigenvalue weighted by molar-refractivity contribution is 0.121. The molecule has 1 saturated heterocycles. The molecule has 1 fully saturated rings. The van der Waals surface area contributed by atoms with Crippen LogP contribution in [0.5, 0.6) is 0 Å². The summed E-state index contributed by atoms with van der Waals surface area (Å²) in [5, 5.41) is 12.7. The summed E-state index contributed by atoms with van der Waals surface area (Å²) in [5.41, 5.74) is 0. The molecule has 23 heavy (non-hydrogen) atoms. The normalized spacial score (nSPS) is 15.9. The fourth-order valence-electron chi connectivity index (χ4n) is 3.25. The zero-order chi connectivity index (χ0) is 16.8. The van der Waals surface area contributed by atoms with Gasteiger partial charge in [0.15, 0.2) is 0 Å². The van der Waals surface area contributed by atoms with E-state index >= 15 is 0 Å². The molecule has 1 aliphatic rings. The Labute approximate surface area is 143 Å². The third kappa shape index (κ3) is 10.6. The van der Waals surface area contributed by atoms with Crippen LogP contribution in [-0.4, -0.2) is 41.8 Å². The summed E-state index contributed by atoms with van der Waals surface area (Å²) >= 11 is 0. The minimum absolute atomic E-state index is 0.0289. The Morgan fingerprint density at radius 3 is 1.96 bits per heavy atom. The van der Waals surface area contributed by atoms with Crippen LogP contribution in [0.15, 0.2) is 0 Å². The van der Waals surface area contributed by atoms with Crippen molar-refractivity contribution in [3.63, 3.8) is 0 Å². The topological polar surface area (TPSA) is 52.6 Å². The smallest absolute Gasteiger partial charge is 0.317 e.